The molecule has 1 amide bonds. The zero-order chi connectivity index (χ0) is 21.4. The molecule has 3 aromatic rings. The van der Waals surface area contributed by atoms with Crippen LogP contribution in [0.2, 0.25) is 0 Å². The van der Waals surface area contributed by atoms with Crippen LogP contribution in [0.5, 0.6) is 5.75 Å². The number of ether oxygens (including phenoxy) is 1. The molecular formula is C21H24FN7O2. The van der Waals surface area contributed by atoms with Crippen LogP contribution in [0, 0.1) is 0 Å². The van der Waals surface area contributed by atoms with Gasteiger partial charge in [0.15, 0.2) is 17.2 Å². The third-order valence-electron chi connectivity index (χ3n) is 5.73. The van der Waals surface area contributed by atoms with Gasteiger partial charge in [0, 0.05) is 25.6 Å². The molecule has 0 aromatic carbocycles. The third kappa shape index (κ3) is 3.67. The summed E-state index contributed by atoms with van der Waals surface area (Å²) >= 11 is 0. The van der Waals surface area contributed by atoms with Gasteiger partial charge in [0.25, 0.3) is 0 Å². The summed E-state index contributed by atoms with van der Waals surface area (Å²) in [7, 11) is 1.55. The van der Waals surface area contributed by atoms with Crippen LogP contribution in [-0.2, 0) is 4.79 Å². The second-order valence-corrected chi connectivity index (χ2v) is 7.77. The smallest absolute Gasteiger partial charge is 0.228 e. The molecule has 2 saturated heterocycles. The van der Waals surface area contributed by atoms with E-state index in [0.29, 0.717) is 66.9 Å². The first-order valence-corrected chi connectivity index (χ1v) is 10.5. The number of carbonyl (C=O) groups excluding carboxylic acids is 1. The molecule has 5 rings (SSSR count). The van der Waals surface area contributed by atoms with Crippen LogP contribution in [0.4, 0.5) is 16.0 Å². The highest BCUT2D eigenvalue weighted by molar-refractivity contribution is 5.95. The van der Waals surface area contributed by atoms with Gasteiger partial charge in [-0.15, -0.1) is 5.10 Å². The van der Waals surface area contributed by atoms with E-state index < -0.39 is 6.17 Å². The van der Waals surface area contributed by atoms with Crippen LogP contribution in [0.25, 0.3) is 17.0 Å². The zero-order valence-electron chi connectivity index (χ0n) is 17.2. The number of anilines is 2. The average Bonchev–Trinajstić information content (AvgIpc) is 3.40. The van der Waals surface area contributed by atoms with Gasteiger partial charge >= 0.3 is 0 Å². The van der Waals surface area contributed by atoms with Crippen molar-refractivity contribution >= 4 is 23.2 Å². The van der Waals surface area contributed by atoms with Gasteiger partial charge in [-0.25, -0.2) is 18.9 Å². The van der Waals surface area contributed by atoms with Crippen molar-refractivity contribution in [2.45, 2.75) is 31.5 Å². The Balaban J connectivity index is 1.51. The minimum atomic E-state index is -0.919. The maximum absolute atomic E-state index is 14.2. The lowest BCUT2D eigenvalue weighted by atomic mass is 10.1. The van der Waals surface area contributed by atoms with Crippen LogP contribution in [0.1, 0.15) is 19.3 Å². The van der Waals surface area contributed by atoms with Gasteiger partial charge in [-0.1, -0.05) is 6.07 Å². The number of imidazole rings is 1. The van der Waals surface area contributed by atoms with Crippen molar-refractivity contribution in [1.29, 1.82) is 0 Å². The molecule has 2 aliphatic heterocycles. The second-order valence-electron chi connectivity index (χ2n) is 7.77. The van der Waals surface area contributed by atoms with Gasteiger partial charge in [0.2, 0.25) is 5.91 Å². The minimum absolute atomic E-state index is 0.0259. The van der Waals surface area contributed by atoms with Gasteiger partial charge in [-0.2, -0.15) is 0 Å². The van der Waals surface area contributed by atoms with Crippen molar-refractivity contribution < 1.29 is 13.9 Å². The van der Waals surface area contributed by atoms with E-state index in [9.17, 15) is 9.18 Å². The maximum Gasteiger partial charge on any atom is 0.228 e. The van der Waals surface area contributed by atoms with Crippen LogP contribution >= 0.6 is 0 Å². The van der Waals surface area contributed by atoms with E-state index in [0.717, 1.165) is 6.42 Å². The number of piperidine rings is 1. The quantitative estimate of drug-likeness (QED) is 0.646. The lowest BCUT2D eigenvalue weighted by molar-refractivity contribution is -0.117. The fraction of sp³-hybridized carbons (Fsp3) is 0.429. The largest absolute Gasteiger partial charge is 0.493 e. The molecule has 162 valence electrons. The standard InChI is InChI=1S/C21H24FN7O2/c1-31-17-10-19-24-12-16(29(19)27-21(17)28-9-3-6-20(28)30)14-4-2-5-18(25-14)26-15-11-23-8-7-13(15)22/h2,4-5,10,12-13,15,23H,3,6-9,11H2,1H3,(H,25,26). The highest BCUT2D eigenvalue weighted by Gasteiger charge is 2.28. The van der Waals surface area contributed by atoms with Gasteiger partial charge in [0.05, 0.1) is 25.0 Å². The number of amides is 1. The van der Waals surface area contributed by atoms with Gasteiger partial charge < -0.3 is 15.4 Å². The number of halogens is 1. The van der Waals surface area contributed by atoms with E-state index in [4.69, 9.17) is 4.74 Å². The number of methoxy groups -OCH3 is 1. The number of hydrogen-bond acceptors (Lipinski definition) is 7. The molecular weight excluding hydrogens is 401 g/mol. The van der Waals surface area contributed by atoms with E-state index >= 15 is 0 Å². The highest BCUT2D eigenvalue weighted by Crippen LogP contribution is 2.31. The van der Waals surface area contributed by atoms with Crippen LogP contribution in [0.3, 0.4) is 0 Å². The Kier molecular flexibility index (Phi) is 5.14. The number of alkyl halides is 1. The number of rotatable bonds is 5. The van der Waals surface area contributed by atoms with Crippen molar-refractivity contribution in [3.63, 3.8) is 0 Å². The summed E-state index contributed by atoms with van der Waals surface area (Å²) in [5.74, 6) is 1.59. The van der Waals surface area contributed by atoms with Crippen molar-refractivity contribution in [3.8, 4) is 17.1 Å². The predicted molar refractivity (Wildman–Crippen MR) is 114 cm³/mol. The Hall–Kier alpha value is -3.27. The Morgan fingerprint density at radius 2 is 2.26 bits per heavy atom. The molecule has 0 aliphatic carbocycles. The molecule has 2 unspecified atom stereocenters. The Labute approximate surface area is 178 Å². The Morgan fingerprint density at radius 1 is 1.35 bits per heavy atom. The summed E-state index contributed by atoms with van der Waals surface area (Å²) in [5, 5.41) is 11.1. The zero-order valence-corrected chi connectivity index (χ0v) is 17.2. The van der Waals surface area contributed by atoms with Gasteiger partial charge in [-0.3, -0.25) is 9.69 Å². The maximum atomic E-state index is 14.2. The molecule has 2 atom stereocenters. The summed E-state index contributed by atoms with van der Waals surface area (Å²) in [5.41, 5.74) is 1.91. The molecule has 9 nitrogen and oxygen atoms in total. The predicted octanol–water partition coefficient (Wildman–Crippen LogP) is 2.04. The Bertz CT molecular complexity index is 1120. The summed E-state index contributed by atoms with van der Waals surface area (Å²) < 4.78 is 21.3. The van der Waals surface area contributed by atoms with Crippen LogP contribution < -0.4 is 20.3 Å². The summed E-state index contributed by atoms with van der Waals surface area (Å²) in [4.78, 5) is 23.0. The molecule has 2 aliphatic rings. The topological polar surface area (TPSA) is 96.7 Å². The number of fused-ring (bicyclic) bond motifs is 1. The number of hydrogen-bond donors (Lipinski definition) is 2. The van der Waals surface area contributed by atoms with E-state index in [2.05, 4.69) is 25.7 Å². The van der Waals surface area contributed by atoms with Crippen molar-refractivity contribution in [2.24, 2.45) is 0 Å². The Morgan fingerprint density at radius 3 is 3.03 bits per heavy atom. The molecule has 0 spiro atoms. The lowest BCUT2D eigenvalue weighted by Gasteiger charge is -2.28. The molecule has 31 heavy (non-hydrogen) atoms. The van der Waals surface area contributed by atoms with Crippen LogP contribution in [0.15, 0.2) is 30.5 Å². The normalized spacial score (nSPS) is 21.6. The molecule has 2 fully saturated rings. The molecule has 2 N–H and O–H groups in total. The van der Waals surface area contributed by atoms with Gasteiger partial charge in [-0.05, 0) is 31.5 Å². The summed E-state index contributed by atoms with van der Waals surface area (Å²) in [6.45, 7) is 1.85. The molecule has 5 heterocycles. The monoisotopic (exact) mass is 425 g/mol. The first-order chi connectivity index (χ1) is 15.1. The molecule has 3 aromatic heterocycles. The molecule has 0 saturated carbocycles. The molecule has 0 radical (unpaired) electrons. The van der Waals surface area contributed by atoms with Gasteiger partial charge in [0.1, 0.15) is 17.7 Å². The molecule has 10 heteroatoms. The minimum Gasteiger partial charge on any atom is -0.493 e. The lowest BCUT2D eigenvalue weighted by Crippen LogP contribution is -2.46. The first kappa shape index (κ1) is 19.7. The number of pyridine rings is 1. The van der Waals surface area contributed by atoms with E-state index in [1.807, 2.05) is 18.2 Å². The van der Waals surface area contributed by atoms with E-state index in [1.165, 1.54) is 0 Å². The average molecular weight is 425 g/mol. The SMILES string of the molecule is COc1cc2ncc(-c3cccc(NC4CNCCC4F)n3)n2nc1N1CCCC1=O. The van der Waals surface area contributed by atoms with Crippen molar-refractivity contribution in [1.82, 2.24) is 24.9 Å². The first-order valence-electron chi connectivity index (χ1n) is 10.5. The summed E-state index contributed by atoms with van der Waals surface area (Å²) in [6, 6.07) is 6.98. The van der Waals surface area contributed by atoms with E-state index in [-0.39, 0.29) is 11.9 Å². The highest BCUT2D eigenvalue weighted by atomic mass is 19.1. The number of aromatic nitrogens is 4. The number of nitrogens with one attached hydrogen (secondary N) is 2. The van der Waals surface area contributed by atoms with Crippen molar-refractivity contribution in [3.05, 3.63) is 30.5 Å². The van der Waals surface area contributed by atoms with Crippen LogP contribution in [-0.4, -0.2) is 64.4 Å². The number of carbonyl (C=O) groups is 1. The van der Waals surface area contributed by atoms with Crippen molar-refractivity contribution in [2.75, 3.05) is 37.0 Å². The molecule has 0 bridgehead atoms. The fourth-order valence-corrected chi connectivity index (χ4v) is 4.09. The number of nitrogens with zero attached hydrogens (tertiary/aromatic N) is 5. The summed E-state index contributed by atoms with van der Waals surface area (Å²) in [6.07, 6.45) is 2.54. The fourth-order valence-electron chi connectivity index (χ4n) is 4.09. The second kappa shape index (κ2) is 8.10. The third-order valence-corrected chi connectivity index (χ3v) is 5.73. The van der Waals surface area contributed by atoms with E-state index in [1.54, 1.807) is 28.8 Å².